The first-order chi connectivity index (χ1) is 11.2. The number of halogens is 1. The number of nitrogens with zero attached hydrogens (tertiary/aromatic N) is 1. The number of ether oxygens (including phenoxy) is 1. The molecule has 1 atom stereocenters. The lowest BCUT2D eigenvalue weighted by Crippen LogP contribution is -2.43. The summed E-state index contributed by atoms with van der Waals surface area (Å²) in [5, 5.41) is 6.84. The molecule has 1 unspecified atom stereocenters. The standard InChI is InChI=1S/C18H31N3OS.HI/c1-14(13-17-10-9-15(2)23-17)21-18(19-3)20-11-6-12-22-16-7-4-5-8-16;/h9-10,14,16H,4-8,11-13H2,1-3H3,(H2,19,20,21);1H. The first-order valence-corrected chi connectivity index (χ1v) is 9.63. The topological polar surface area (TPSA) is 45.7 Å². The van der Waals surface area contributed by atoms with Gasteiger partial charge in [0.1, 0.15) is 0 Å². The maximum Gasteiger partial charge on any atom is 0.191 e. The molecule has 24 heavy (non-hydrogen) atoms. The van der Waals surface area contributed by atoms with E-state index in [1.165, 1.54) is 35.4 Å². The van der Waals surface area contributed by atoms with Gasteiger partial charge < -0.3 is 15.4 Å². The van der Waals surface area contributed by atoms with Crippen LogP contribution >= 0.6 is 35.3 Å². The van der Waals surface area contributed by atoms with Crippen LogP contribution in [0.4, 0.5) is 0 Å². The lowest BCUT2D eigenvalue weighted by molar-refractivity contribution is 0.0574. The molecule has 1 heterocycles. The Labute approximate surface area is 167 Å². The number of aryl methyl sites for hydroxylation is 1. The van der Waals surface area contributed by atoms with Crippen LogP contribution in [0.1, 0.15) is 48.8 Å². The Hall–Kier alpha value is -0.340. The average molecular weight is 465 g/mol. The minimum absolute atomic E-state index is 0. The second-order valence-corrected chi connectivity index (χ2v) is 7.76. The van der Waals surface area contributed by atoms with Gasteiger partial charge in [-0.3, -0.25) is 4.99 Å². The van der Waals surface area contributed by atoms with Crippen LogP contribution in [0, 0.1) is 6.92 Å². The van der Waals surface area contributed by atoms with E-state index in [0.29, 0.717) is 12.1 Å². The van der Waals surface area contributed by atoms with Crippen molar-refractivity contribution in [3.8, 4) is 0 Å². The Balaban J connectivity index is 0.00000288. The second-order valence-electron chi connectivity index (χ2n) is 6.39. The van der Waals surface area contributed by atoms with E-state index >= 15 is 0 Å². The van der Waals surface area contributed by atoms with Crippen LogP contribution in [0.15, 0.2) is 17.1 Å². The first-order valence-electron chi connectivity index (χ1n) is 8.81. The van der Waals surface area contributed by atoms with Crippen LogP contribution in [0.2, 0.25) is 0 Å². The summed E-state index contributed by atoms with van der Waals surface area (Å²) in [5.74, 6) is 0.881. The van der Waals surface area contributed by atoms with Gasteiger partial charge in [-0.15, -0.1) is 35.3 Å². The summed E-state index contributed by atoms with van der Waals surface area (Å²) in [4.78, 5) is 7.10. The molecule has 2 rings (SSSR count). The Kier molecular flexibility index (Phi) is 10.9. The fraction of sp³-hybridized carbons (Fsp3) is 0.722. The molecule has 1 saturated carbocycles. The minimum atomic E-state index is 0. The van der Waals surface area contributed by atoms with E-state index in [1.54, 1.807) is 0 Å². The molecule has 1 aliphatic carbocycles. The van der Waals surface area contributed by atoms with E-state index < -0.39 is 0 Å². The predicted molar refractivity (Wildman–Crippen MR) is 115 cm³/mol. The zero-order valence-electron chi connectivity index (χ0n) is 15.1. The van der Waals surface area contributed by atoms with Crippen LogP contribution in [-0.2, 0) is 11.2 Å². The van der Waals surface area contributed by atoms with Gasteiger partial charge in [0, 0.05) is 42.4 Å². The Morgan fingerprint density at radius 3 is 2.75 bits per heavy atom. The summed E-state index contributed by atoms with van der Waals surface area (Å²) in [6.07, 6.45) is 7.73. The number of thiophene rings is 1. The van der Waals surface area contributed by atoms with E-state index in [0.717, 1.165) is 32.0 Å². The van der Waals surface area contributed by atoms with Crippen molar-refractivity contribution in [2.45, 2.75) is 64.5 Å². The molecule has 1 aromatic heterocycles. The second kappa shape index (κ2) is 12.1. The molecule has 4 nitrogen and oxygen atoms in total. The zero-order valence-corrected chi connectivity index (χ0v) is 18.3. The monoisotopic (exact) mass is 465 g/mol. The van der Waals surface area contributed by atoms with Crippen molar-refractivity contribution in [2.24, 2.45) is 4.99 Å². The van der Waals surface area contributed by atoms with Gasteiger partial charge in [-0.25, -0.2) is 0 Å². The molecule has 138 valence electrons. The zero-order chi connectivity index (χ0) is 16.5. The largest absolute Gasteiger partial charge is 0.378 e. The third-order valence-electron chi connectivity index (χ3n) is 4.18. The molecule has 0 spiro atoms. The summed E-state index contributed by atoms with van der Waals surface area (Å²) < 4.78 is 5.88. The summed E-state index contributed by atoms with van der Waals surface area (Å²) in [7, 11) is 1.83. The lowest BCUT2D eigenvalue weighted by atomic mass is 10.2. The maximum atomic E-state index is 5.88. The highest BCUT2D eigenvalue weighted by Gasteiger charge is 2.14. The van der Waals surface area contributed by atoms with Gasteiger partial charge in [-0.05, 0) is 45.2 Å². The highest BCUT2D eigenvalue weighted by Crippen LogP contribution is 2.20. The molecule has 0 radical (unpaired) electrons. The third-order valence-corrected chi connectivity index (χ3v) is 5.20. The number of guanidine groups is 1. The molecule has 0 aromatic carbocycles. The van der Waals surface area contributed by atoms with Gasteiger partial charge >= 0.3 is 0 Å². The lowest BCUT2D eigenvalue weighted by Gasteiger charge is -2.18. The van der Waals surface area contributed by atoms with Crippen LogP contribution < -0.4 is 10.6 Å². The van der Waals surface area contributed by atoms with Crippen LogP contribution in [0.3, 0.4) is 0 Å². The summed E-state index contributed by atoms with van der Waals surface area (Å²) in [6.45, 7) is 6.10. The van der Waals surface area contributed by atoms with Gasteiger partial charge in [-0.1, -0.05) is 12.8 Å². The SMILES string of the molecule is CN=C(NCCCOC1CCCC1)NC(C)Cc1ccc(C)s1.I. The minimum Gasteiger partial charge on any atom is -0.378 e. The molecule has 1 fully saturated rings. The fourth-order valence-electron chi connectivity index (χ4n) is 2.96. The van der Waals surface area contributed by atoms with Crippen LogP contribution in [-0.4, -0.2) is 38.3 Å². The molecule has 1 aliphatic rings. The van der Waals surface area contributed by atoms with Crippen molar-refractivity contribution < 1.29 is 4.74 Å². The summed E-state index contributed by atoms with van der Waals surface area (Å²) >= 11 is 1.87. The highest BCUT2D eigenvalue weighted by molar-refractivity contribution is 14.0. The van der Waals surface area contributed by atoms with Crippen LogP contribution in [0.25, 0.3) is 0 Å². The van der Waals surface area contributed by atoms with Crippen molar-refractivity contribution in [1.82, 2.24) is 10.6 Å². The maximum absolute atomic E-state index is 5.88. The number of hydrogen-bond donors (Lipinski definition) is 2. The van der Waals surface area contributed by atoms with Crippen LogP contribution in [0.5, 0.6) is 0 Å². The molecule has 0 aliphatic heterocycles. The fourth-order valence-corrected chi connectivity index (χ4v) is 3.98. The highest BCUT2D eigenvalue weighted by atomic mass is 127. The van der Waals surface area contributed by atoms with Gasteiger partial charge in [0.05, 0.1) is 6.10 Å². The summed E-state index contributed by atoms with van der Waals surface area (Å²) in [6, 6.07) is 4.77. The van der Waals surface area contributed by atoms with Gasteiger partial charge in [0.25, 0.3) is 0 Å². The van der Waals surface area contributed by atoms with E-state index in [9.17, 15) is 0 Å². The van der Waals surface area contributed by atoms with Gasteiger partial charge in [-0.2, -0.15) is 0 Å². The van der Waals surface area contributed by atoms with Crippen molar-refractivity contribution in [1.29, 1.82) is 0 Å². The Bertz CT molecular complexity index is 486. The van der Waals surface area contributed by atoms with E-state index in [2.05, 4.69) is 41.6 Å². The molecule has 0 saturated heterocycles. The van der Waals surface area contributed by atoms with Crippen molar-refractivity contribution in [3.63, 3.8) is 0 Å². The Morgan fingerprint density at radius 1 is 1.38 bits per heavy atom. The normalized spacial score (nSPS) is 16.7. The van der Waals surface area contributed by atoms with Crippen molar-refractivity contribution in [3.05, 3.63) is 21.9 Å². The average Bonchev–Trinajstić information content (AvgIpc) is 3.17. The van der Waals surface area contributed by atoms with Gasteiger partial charge in [0.2, 0.25) is 0 Å². The number of rotatable bonds is 8. The van der Waals surface area contributed by atoms with Gasteiger partial charge in [0.15, 0.2) is 5.96 Å². The quantitative estimate of drug-likeness (QED) is 0.263. The van der Waals surface area contributed by atoms with E-state index in [1.807, 2.05) is 18.4 Å². The number of hydrogen-bond acceptors (Lipinski definition) is 3. The number of nitrogens with one attached hydrogen (secondary N) is 2. The molecular weight excluding hydrogens is 433 g/mol. The van der Waals surface area contributed by atoms with Crippen molar-refractivity contribution >= 4 is 41.3 Å². The molecular formula is C18H32IN3OS. The third kappa shape index (κ3) is 8.16. The van der Waals surface area contributed by atoms with Crippen molar-refractivity contribution in [2.75, 3.05) is 20.2 Å². The van der Waals surface area contributed by atoms with E-state index in [-0.39, 0.29) is 24.0 Å². The predicted octanol–water partition coefficient (Wildman–Crippen LogP) is 4.12. The smallest absolute Gasteiger partial charge is 0.191 e. The first kappa shape index (κ1) is 21.7. The molecule has 0 bridgehead atoms. The molecule has 2 N–H and O–H groups in total. The van der Waals surface area contributed by atoms with E-state index in [4.69, 9.17) is 4.74 Å². The Morgan fingerprint density at radius 2 is 2.12 bits per heavy atom. The molecule has 1 aromatic rings. The number of aliphatic imine (C=N–C) groups is 1. The molecule has 6 heteroatoms. The molecule has 0 amide bonds. The summed E-state index contributed by atoms with van der Waals surface area (Å²) in [5.41, 5.74) is 0.